The van der Waals surface area contributed by atoms with Crippen LogP contribution in [0.5, 0.6) is 5.75 Å². The van der Waals surface area contributed by atoms with Gasteiger partial charge in [0.2, 0.25) is 0 Å². The van der Waals surface area contributed by atoms with E-state index in [1.54, 1.807) is 36.4 Å². The van der Waals surface area contributed by atoms with Gasteiger partial charge in [-0.2, -0.15) is 0 Å². The van der Waals surface area contributed by atoms with Crippen LogP contribution in [0.3, 0.4) is 0 Å². The molecule has 1 fully saturated rings. The van der Waals surface area contributed by atoms with E-state index in [1.807, 2.05) is 12.2 Å². The number of carbonyl (C=O) groups excluding carboxylic acids is 1. The Hall–Kier alpha value is -0.860. The number of halogens is 1. The molecule has 30 heavy (non-hydrogen) atoms. The van der Waals surface area contributed by atoms with Crippen LogP contribution >= 0.6 is 11.6 Å². The van der Waals surface area contributed by atoms with Crippen LogP contribution in [0, 0.1) is 11.8 Å². The van der Waals surface area contributed by atoms with Crippen LogP contribution in [-0.2, 0) is 4.79 Å². The van der Waals surface area contributed by atoms with Crippen molar-refractivity contribution in [3.05, 3.63) is 53.6 Å². The molecule has 3 N–H and O–H groups in total. The normalized spacial score (nSPS) is 24.8. The summed E-state index contributed by atoms with van der Waals surface area (Å²) in [5, 5.41) is 41.6. The molecule has 0 aromatic heterocycles. The van der Waals surface area contributed by atoms with Gasteiger partial charge in [0.1, 0.15) is 18.5 Å². The predicted molar refractivity (Wildman–Crippen MR) is 108 cm³/mol. The quantitative estimate of drug-likeness (QED) is 0.225. The third-order valence-electron chi connectivity index (χ3n) is 5.01. The van der Waals surface area contributed by atoms with Gasteiger partial charge < -0.3 is 30.0 Å². The average Bonchev–Trinajstić information content (AvgIpc) is 2.93. The molecule has 1 saturated carbocycles. The number of unbranched alkanes of at least 4 members (excludes halogenated alkanes) is 1. The Labute approximate surface area is 204 Å². The van der Waals surface area contributed by atoms with Crippen LogP contribution in [0.15, 0.2) is 48.6 Å². The molecule has 1 aliphatic carbocycles. The standard InChI is InChI=1S/C22H29ClO6.Na/c23-15-6-5-7-17(12-15)29-14-16(24)10-11-19-18(20(25)13-21(19)26)8-3-1-2-4-9-22(27)28;/h1,3,5-7,10-12,16,18-21,24-26H,2,4,8-9,13-14H2,(H,27,28);/q;+1/p-1/b3-1+,11-10-;/t16-,18-,19-,20-,21+;/m1./s1. The van der Waals surface area contributed by atoms with E-state index >= 15 is 0 Å². The molecule has 1 aromatic rings. The van der Waals surface area contributed by atoms with Crippen LogP contribution in [0.1, 0.15) is 32.1 Å². The summed E-state index contributed by atoms with van der Waals surface area (Å²) in [5.41, 5.74) is 0. The summed E-state index contributed by atoms with van der Waals surface area (Å²) < 4.78 is 5.50. The number of ether oxygens (including phenoxy) is 1. The molecule has 0 radical (unpaired) electrons. The first-order chi connectivity index (χ1) is 13.9. The van der Waals surface area contributed by atoms with Crippen molar-refractivity contribution >= 4 is 17.6 Å². The zero-order valence-electron chi connectivity index (χ0n) is 17.2. The summed E-state index contributed by atoms with van der Waals surface area (Å²) in [6, 6.07) is 6.89. The minimum atomic E-state index is -1.06. The first kappa shape index (κ1) is 27.2. The van der Waals surface area contributed by atoms with Crippen molar-refractivity contribution in [2.75, 3.05) is 6.61 Å². The number of hydrogen-bond donors (Lipinski definition) is 3. The van der Waals surface area contributed by atoms with E-state index in [-0.39, 0.29) is 60.8 Å². The Morgan fingerprint density at radius 1 is 1.30 bits per heavy atom. The SMILES string of the molecule is O=C([O-])CCC/C=C/C[C@@H]1[C@@H](/C=C\[C@@H](O)COc2cccc(Cl)c2)[C@@H](O)C[C@H]1O.[Na+]. The van der Waals surface area contributed by atoms with Crippen molar-refractivity contribution in [1.29, 1.82) is 0 Å². The molecular weight excluding hydrogens is 419 g/mol. The molecular formula is C22H28ClNaO6. The zero-order valence-corrected chi connectivity index (χ0v) is 19.9. The molecule has 0 unspecified atom stereocenters. The van der Waals surface area contributed by atoms with E-state index in [4.69, 9.17) is 16.3 Å². The molecule has 0 aliphatic heterocycles. The number of carboxylic acids is 1. The van der Waals surface area contributed by atoms with Gasteiger partial charge in [-0.3, -0.25) is 0 Å². The molecule has 0 bridgehead atoms. The topological polar surface area (TPSA) is 110 Å². The first-order valence-corrected chi connectivity index (χ1v) is 10.2. The summed E-state index contributed by atoms with van der Waals surface area (Å²) in [6.07, 6.45) is 6.93. The van der Waals surface area contributed by atoms with Gasteiger partial charge in [-0.25, -0.2) is 0 Å². The van der Waals surface area contributed by atoms with Gasteiger partial charge in [0.05, 0.1) is 12.2 Å². The number of allylic oxidation sites excluding steroid dienone is 2. The molecule has 2 rings (SSSR count). The van der Waals surface area contributed by atoms with Crippen molar-refractivity contribution in [3.63, 3.8) is 0 Å². The summed E-state index contributed by atoms with van der Waals surface area (Å²) in [6.45, 7) is 0.0468. The van der Waals surface area contributed by atoms with E-state index < -0.39 is 24.3 Å². The fourth-order valence-electron chi connectivity index (χ4n) is 3.49. The van der Waals surface area contributed by atoms with Gasteiger partial charge in [0.15, 0.2) is 0 Å². The Bertz CT molecular complexity index is 711. The Morgan fingerprint density at radius 3 is 2.77 bits per heavy atom. The molecule has 1 aliphatic rings. The average molecular weight is 447 g/mol. The third-order valence-corrected chi connectivity index (χ3v) is 5.25. The molecule has 160 valence electrons. The van der Waals surface area contributed by atoms with Gasteiger partial charge in [-0.05, 0) is 49.8 Å². The number of carbonyl (C=O) groups is 1. The summed E-state index contributed by atoms with van der Waals surface area (Å²) in [5.74, 6) is -0.947. The maximum Gasteiger partial charge on any atom is 1.00 e. The fraction of sp³-hybridized carbons (Fsp3) is 0.500. The van der Waals surface area contributed by atoms with E-state index in [1.165, 1.54) is 0 Å². The van der Waals surface area contributed by atoms with Gasteiger partial charge in [-0.1, -0.05) is 42.0 Å². The van der Waals surface area contributed by atoms with Crippen LogP contribution in [0.25, 0.3) is 0 Å². The van der Waals surface area contributed by atoms with Crippen molar-refractivity contribution in [3.8, 4) is 5.75 Å². The van der Waals surface area contributed by atoms with Gasteiger partial charge in [0, 0.05) is 23.3 Å². The molecule has 0 spiro atoms. The van der Waals surface area contributed by atoms with Crippen molar-refractivity contribution in [2.45, 2.75) is 50.4 Å². The van der Waals surface area contributed by atoms with Crippen molar-refractivity contribution < 1.29 is 59.5 Å². The Kier molecular flexibility index (Phi) is 12.9. The van der Waals surface area contributed by atoms with Gasteiger partial charge in [0.25, 0.3) is 0 Å². The number of carboxylic acid groups (broad SMARTS) is 1. The largest absolute Gasteiger partial charge is 1.00 e. The fourth-order valence-corrected chi connectivity index (χ4v) is 3.67. The Morgan fingerprint density at radius 2 is 2.07 bits per heavy atom. The Balaban J connectivity index is 0.00000450. The molecule has 1 aromatic carbocycles. The molecule has 0 amide bonds. The number of hydrogen-bond acceptors (Lipinski definition) is 6. The zero-order chi connectivity index (χ0) is 21.2. The van der Waals surface area contributed by atoms with Crippen LogP contribution in [0.2, 0.25) is 5.02 Å². The van der Waals surface area contributed by atoms with Crippen LogP contribution in [0.4, 0.5) is 0 Å². The number of aliphatic carboxylic acids is 1. The maximum absolute atomic E-state index is 10.4. The molecule has 0 heterocycles. The van der Waals surface area contributed by atoms with Crippen molar-refractivity contribution in [2.24, 2.45) is 11.8 Å². The number of rotatable bonds is 11. The molecule has 0 saturated heterocycles. The van der Waals surface area contributed by atoms with E-state index in [9.17, 15) is 25.2 Å². The third kappa shape index (κ3) is 9.52. The van der Waals surface area contributed by atoms with E-state index in [2.05, 4.69) is 0 Å². The van der Waals surface area contributed by atoms with Crippen LogP contribution in [-0.4, -0.2) is 46.2 Å². The second-order valence-electron chi connectivity index (χ2n) is 7.30. The summed E-state index contributed by atoms with van der Waals surface area (Å²) >= 11 is 5.89. The number of benzene rings is 1. The van der Waals surface area contributed by atoms with Gasteiger partial charge in [-0.15, -0.1) is 0 Å². The van der Waals surface area contributed by atoms with Crippen LogP contribution < -0.4 is 39.4 Å². The monoisotopic (exact) mass is 446 g/mol. The molecule has 6 nitrogen and oxygen atoms in total. The van der Waals surface area contributed by atoms with E-state index in [0.29, 0.717) is 30.0 Å². The number of aliphatic hydroxyl groups is 3. The second kappa shape index (κ2) is 14.2. The predicted octanol–water partition coefficient (Wildman–Crippen LogP) is -1.14. The second-order valence-corrected chi connectivity index (χ2v) is 7.74. The van der Waals surface area contributed by atoms with Crippen molar-refractivity contribution in [1.82, 2.24) is 0 Å². The molecule has 8 heteroatoms. The summed E-state index contributed by atoms with van der Waals surface area (Å²) in [4.78, 5) is 10.4. The minimum Gasteiger partial charge on any atom is -0.550 e. The molecule has 5 atom stereocenters. The smallest absolute Gasteiger partial charge is 0.550 e. The minimum absolute atomic E-state index is 0. The number of aliphatic hydroxyl groups excluding tert-OH is 3. The maximum atomic E-state index is 10.4. The summed E-state index contributed by atoms with van der Waals surface area (Å²) in [7, 11) is 0. The first-order valence-electron chi connectivity index (χ1n) is 9.82. The van der Waals surface area contributed by atoms with E-state index in [0.717, 1.165) is 0 Å². The van der Waals surface area contributed by atoms with Gasteiger partial charge >= 0.3 is 29.6 Å².